The van der Waals surface area contributed by atoms with Crippen LogP contribution >= 0.6 is 15.9 Å². The van der Waals surface area contributed by atoms with Crippen LogP contribution in [0.5, 0.6) is 0 Å². The maximum absolute atomic E-state index is 12.5. The SMILES string of the molecule is Cc1ccc(NC(=O)c2ccnc(N3CCCCCC3)n2)cc1Br. The van der Waals surface area contributed by atoms with E-state index in [0.29, 0.717) is 11.6 Å². The van der Waals surface area contributed by atoms with Crippen LogP contribution in [0.15, 0.2) is 34.9 Å². The molecule has 2 aromatic rings. The molecule has 0 aliphatic carbocycles. The summed E-state index contributed by atoms with van der Waals surface area (Å²) in [4.78, 5) is 23.5. The van der Waals surface area contributed by atoms with Crippen LogP contribution in [0.3, 0.4) is 0 Å². The number of hydrogen-bond acceptors (Lipinski definition) is 4. The lowest BCUT2D eigenvalue weighted by atomic mass is 10.2. The molecule has 1 aromatic carbocycles. The average Bonchev–Trinajstić information content (AvgIpc) is 2.88. The van der Waals surface area contributed by atoms with Crippen LogP contribution in [-0.4, -0.2) is 29.0 Å². The van der Waals surface area contributed by atoms with Crippen LogP contribution in [0.1, 0.15) is 41.7 Å². The molecule has 1 saturated heterocycles. The normalized spacial score (nSPS) is 15.0. The molecule has 2 heterocycles. The molecule has 0 saturated carbocycles. The Morgan fingerprint density at radius 1 is 1.17 bits per heavy atom. The highest BCUT2D eigenvalue weighted by Gasteiger charge is 2.15. The maximum atomic E-state index is 12.5. The molecule has 3 rings (SSSR count). The van der Waals surface area contributed by atoms with E-state index >= 15 is 0 Å². The molecule has 1 fully saturated rings. The topological polar surface area (TPSA) is 58.1 Å². The van der Waals surface area contributed by atoms with Gasteiger partial charge < -0.3 is 10.2 Å². The summed E-state index contributed by atoms with van der Waals surface area (Å²) in [7, 11) is 0. The third-order valence-electron chi connectivity index (χ3n) is 4.19. The number of carbonyl (C=O) groups is 1. The molecule has 0 atom stereocenters. The number of nitrogens with one attached hydrogen (secondary N) is 1. The summed E-state index contributed by atoms with van der Waals surface area (Å²) in [6.07, 6.45) is 6.46. The van der Waals surface area contributed by atoms with Gasteiger partial charge in [-0.3, -0.25) is 4.79 Å². The summed E-state index contributed by atoms with van der Waals surface area (Å²) in [6.45, 7) is 3.92. The standard InChI is InChI=1S/C18H21BrN4O/c1-13-6-7-14(12-15(13)19)21-17(24)16-8-9-20-18(22-16)23-10-4-2-3-5-11-23/h6-9,12H,2-5,10-11H2,1H3,(H,21,24). The van der Waals surface area contributed by atoms with Crippen molar-refractivity contribution in [3.8, 4) is 0 Å². The zero-order valence-electron chi connectivity index (χ0n) is 13.8. The monoisotopic (exact) mass is 388 g/mol. The van der Waals surface area contributed by atoms with Gasteiger partial charge >= 0.3 is 0 Å². The van der Waals surface area contributed by atoms with Crippen LogP contribution in [0.25, 0.3) is 0 Å². The minimum atomic E-state index is -0.218. The Hall–Kier alpha value is -1.95. The number of rotatable bonds is 3. The van der Waals surface area contributed by atoms with E-state index in [1.807, 2.05) is 25.1 Å². The Kier molecular flexibility index (Phi) is 5.45. The predicted octanol–water partition coefficient (Wildman–Crippen LogP) is 4.18. The largest absolute Gasteiger partial charge is 0.341 e. The molecule has 1 amide bonds. The second-order valence-corrected chi connectivity index (χ2v) is 6.92. The van der Waals surface area contributed by atoms with Gasteiger partial charge in [0, 0.05) is 29.4 Å². The summed E-state index contributed by atoms with van der Waals surface area (Å²) in [5.74, 6) is 0.430. The van der Waals surface area contributed by atoms with Gasteiger partial charge in [-0.05, 0) is 43.5 Å². The number of amides is 1. The Morgan fingerprint density at radius 3 is 2.62 bits per heavy atom. The Morgan fingerprint density at radius 2 is 1.92 bits per heavy atom. The van der Waals surface area contributed by atoms with Crippen LogP contribution < -0.4 is 10.2 Å². The first-order valence-corrected chi connectivity index (χ1v) is 9.08. The number of nitrogens with zero attached hydrogens (tertiary/aromatic N) is 3. The van der Waals surface area contributed by atoms with Gasteiger partial charge in [0.25, 0.3) is 5.91 Å². The van der Waals surface area contributed by atoms with Crippen molar-refractivity contribution < 1.29 is 4.79 Å². The number of aryl methyl sites for hydroxylation is 1. The molecule has 6 heteroatoms. The van der Waals surface area contributed by atoms with Gasteiger partial charge in [-0.2, -0.15) is 0 Å². The van der Waals surface area contributed by atoms with Crippen LogP contribution in [0.2, 0.25) is 0 Å². The second-order valence-electron chi connectivity index (χ2n) is 6.06. The fraction of sp³-hybridized carbons (Fsp3) is 0.389. The van der Waals surface area contributed by atoms with Crippen molar-refractivity contribution in [3.63, 3.8) is 0 Å². The van der Waals surface area contributed by atoms with E-state index in [1.54, 1.807) is 12.3 Å². The first-order chi connectivity index (χ1) is 11.6. The molecule has 1 aliphatic heterocycles. The molecular formula is C18H21BrN4O. The second kappa shape index (κ2) is 7.75. The Bertz CT molecular complexity index is 727. The average molecular weight is 389 g/mol. The van der Waals surface area contributed by atoms with Gasteiger partial charge in [-0.1, -0.05) is 34.8 Å². The third kappa shape index (κ3) is 4.12. The zero-order chi connectivity index (χ0) is 16.9. The molecule has 0 unspecified atom stereocenters. The summed E-state index contributed by atoms with van der Waals surface area (Å²) in [5, 5.41) is 2.89. The summed E-state index contributed by atoms with van der Waals surface area (Å²) >= 11 is 3.48. The Balaban J connectivity index is 1.74. The fourth-order valence-corrected chi connectivity index (χ4v) is 3.14. The molecule has 0 bridgehead atoms. The van der Waals surface area contributed by atoms with Crippen molar-refractivity contribution in [1.29, 1.82) is 0 Å². The van der Waals surface area contributed by atoms with Gasteiger partial charge in [0.2, 0.25) is 5.95 Å². The zero-order valence-corrected chi connectivity index (χ0v) is 15.3. The first-order valence-electron chi connectivity index (χ1n) is 8.29. The molecular weight excluding hydrogens is 368 g/mol. The summed E-state index contributed by atoms with van der Waals surface area (Å²) < 4.78 is 0.966. The van der Waals surface area contributed by atoms with Crippen molar-refractivity contribution >= 4 is 33.5 Å². The lowest BCUT2D eigenvalue weighted by Crippen LogP contribution is -2.27. The molecule has 0 spiro atoms. The van der Waals surface area contributed by atoms with E-state index in [1.165, 1.54) is 12.8 Å². The van der Waals surface area contributed by atoms with Crippen molar-refractivity contribution in [2.45, 2.75) is 32.6 Å². The molecule has 1 aliphatic rings. The summed E-state index contributed by atoms with van der Waals surface area (Å²) in [5.41, 5.74) is 2.26. The Labute approximate surface area is 150 Å². The number of carbonyl (C=O) groups excluding carboxylic acids is 1. The molecule has 1 N–H and O–H groups in total. The van der Waals surface area contributed by atoms with Crippen molar-refractivity contribution in [1.82, 2.24) is 9.97 Å². The van der Waals surface area contributed by atoms with E-state index in [2.05, 4.69) is 36.1 Å². The molecule has 126 valence electrons. The summed E-state index contributed by atoms with van der Waals surface area (Å²) in [6, 6.07) is 7.39. The van der Waals surface area contributed by atoms with E-state index in [4.69, 9.17) is 0 Å². The number of hydrogen-bond donors (Lipinski definition) is 1. The van der Waals surface area contributed by atoms with E-state index in [0.717, 1.165) is 41.7 Å². The maximum Gasteiger partial charge on any atom is 0.274 e. The highest BCUT2D eigenvalue weighted by Crippen LogP contribution is 2.21. The highest BCUT2D eigenvalue weighted by molar-refractivity contribution is 9.10. The van der Waals surface area contributed by atoms with Gasteiger partial charge in [0.1, 0.15) is 5.69 Å². The number of benzene rings is 1. The van der Waals surface area contributed by atoms with Crippen molar-refractivity contribution in [3.05, 3.63) is 46.2 Å². The smallest absolute Gasteiger partial charge is 0.274 e. The minimum Gasteiger partial charge on any atom is -0.341 e. The fourth-order valence-electron chi connectivity index (χ4n) is 2.76. The van der Waals surface area contributed by atoms with Crippen LogP contribution in [0.4, 0.5) is 11.6 Å². The number of halogens is 1. The van der Waals surface area contributed by atoms with Gasteiger partial charge in [0.15, 0.2) is 0 Å². The van der Waals surface area contributed by atoms with Crippen LogP contribution in [-0.2, 0) is 0 Å². The number of aromatic nitrogens is 2. The predicted molar refractivity (Wildman–Crippen MR) is 99.5 cm³/mol. The molecule has 1 aromatic heterocycles. The molecule has 0 radical (unpaired) electrons. The first kappa shape index (κ1) is 16.9. The van der Waals surface area contributed by atoms with Crippen molar-refractivity contribution in [2.24, 2.45) is 0 Å². The van der Waals surface area contributed by atoms with Gasteiger partial charge in [-0.15, -0.1) is 0 Å². The van der Waals surface area contributed by atoms with Gasteiger partial charge in [-0.25, -0.2) is 9.97 Å². The van der Waals surface area contributed by atoms with Crippen LogP contribution in [0, 0.1) is 6.92 Å². The lowest BCUT2D eigenvalue weighted by Gasteiger charge is -2.20. The van der Waals surface area contributed by atoms with E-state index in [-0.39, 0.29) is 5.91 Å². The van der Waals surface area contributed by atoms with E-state index < -0.39 is 0 Å². The third-order valence-corrected chi connectivity index (χ3v) is 5.05. The van der Waals surface area contributed by atoms with E-state index in [9.17, 15) is 4.79 Å². The number of anilines is 2. The van der Waals surface area contributed by atoms with Gasteiger partial charge in [0.05, 0.1) is 0 Å². The van der Waals surface area contributed by atoms with Crippen molar-refractivity contribution in [2.75, 3.05) is 23.3 Å². The highest BCUT2D eigenvalue weighted by atomic mass is 79.9. The lowest BCUT2D eigenvalue weighted by molar-refractivity contribution is 0.102. The molecule has 5 nitrogen and oxygen atoms in total. The minimum absolute atomic E-state index is 0.218. The quantitative estimate of drug-likeness (QED) is 0.856. The molecule has 24 heavy (non-hydrogen) atoms.